The molecule has 0 saturated carbocycles. The van der Waals surface area contributed by atoms with Crippen LogP contribution in [0.4, 0.5) is 0 Å². The Bertz CT molecular complexity index is 722. The van der Waals surface area contributed by atoms with Crippen LogP contribution in [0.15, 0.2) is 29.2 Å². The topological polar surface area (TPSA) is 104 Å². The number of rotatable bonds is 10. The van der Waals surface area contributed by atoms with Gasteiger partial charge < -0.3 is 10.6 Å². The fourth-order valence-electron chi connectivity index (χ4n) is 2.27. The number of sulfonamides is 1. The van der Waals surface area contributed by atoms with Gasteiger partial charge in [-0.2, -0.15) is 0 Å². The lowest BCUT2D eigenvalue weighted by molar-refractivity contribution is -0.122. The maximum Gasteiger partial charge on any atom is 0.240 e. The lowest BCUT2D eigenvalue weighted by atomic mass is 9.87. The van der Waals surface area contributed by atoms with Gasteiger partial charge in [0, 0.05) is 32.5 Å². The van der Waals surface area contributed by atoms with Crippen LogP contribution < -0.4 is 15.4 Å². The van der Waals surface area contributed by atoms with Gasteiger partial charge in [0.2, 0.25) is 21.8 Å². The minimum atomic E-state index is -3.66. The number of hydrogen-bond donors (Lipinski definition) is 3. The van der Waals surface area contributed by atoms with Crippen LogP contribution in [0.2, 0.25) is 0 Å². The summed E-state index contributed by atoms with van der Waals surface area (Å²) in [4.78, 5) is 23.3. The zero-order valence-electron chi connectivity index (χ0n) is 16.6. The lowest BCUT2D eigenvalue weighted by Crippen LogP contribution is -2.33. The van der Waals surface area contributed by atoms with Gasteiger partial charge in [-0.15, -0.1) is 0 Å². The molecule has 2 amide bonds. The molecule has 0 unspecified atom stereocenters. The lowest BCUT2D eigenvalue weighted by Gasteiger charge is -2.19. The number of amides is 2. The highest BCUT2D eigenvalue weighted by molar-refractivity contribution is 7.89. The molecule has 0 spiro atoms. The van der Waals surface area contributed by atoms with E-state index in [9.17, 15) is 18.0 Å². The monoisotopic (exact) mass is 397 g/mol. The van der Waals surface area contributed by atoms with E-state index in [1.165, 1.54) is 0 Å². The molecule has 8 heteroatoms. The normalized spacial score (nSPS) is 11.9. The fourth-order valence-corrected chi connectivity index (χ4v) is 3.30. The largest absolute Gasteiger partial charge is 0.356 e. The number of carbonyl (C=O) groups is 2. The van der Waals surface area contributed by atoms with Crippen molar-refractivity contribution < 1.29 is 18.0 Å². The predicted octanol–water partition coefficient (Wildman–Crippen LogP) is 1.69. The molecule has 0 aliphatic rings. The fraction of sp³-hybridized carbons (Fsp3) is 0.579. The van der Waals surface area contributed by atoms with Crippen LogP contribution in [0.5, 0.6) is 0 Å². The van der Waals surface area contributed by atoms with E-state index < -0.39 is 10.0 Å². The molecule has 1 aromatic rings. The second kappa shape index (κ2) is 10.4. The van der Waals surface area contributed by atoms with E-state index in [0.29, 0.717) is 6.54 Å². The highest BCUT2D eigenvalue weighted by Crippen LogP contribution is 2.23. The first-order chi connectivity index (χ1) is 12.6. The Morgan fingerprint density at radius 1 is 0.889 bits per heavy atom. The van der Waals surface area contributed by atoms with Crippen molar-refractivity contribution in [3.63, 3.8) is 0 Å². The van der Waals surface area contributed by atoms with Gasteiger partial charge >= 0.3 is 0 Å². The van der Waals surface area contributed by atoms with E-state index in [2.05, 4.69) is 36.1 Å². The van der Waals surface area contributed by atoms with Gasteiger partial charge in [0.25, 0.3) is 0 Å². The van der Waals surface area contributed by atoms with E-state index >= 15 is 0 Å². The van der Waals surface area contributed by atoms with E-state index in [1.54, 1.807) is 24.3 Å². The third-order valence-electron chi connectivity index (χ3n) is 3.92. The Morgan fingerprint density at radius 3 is 1.93 bits per heavy atom. The molecule has 0 fully saturated rings. The van der Waals surface area contributed by atoms with Crippen molar-refractivity contribution in [3.8, 4) is 0 Å². The van der Waals surface area contributed by atoms with Crippen molar-refractivity contribution >= 4 is 21.8 Å². The number of nitrogens with one attached hydrogen (secondary N) is 3. The third kappa shape index (κ3) is 8.53. The zero-order chi connectivity index (χ0) is 20.5. The summed E-state index contributed by atoms with van der Waals surface area (Å²) in [5.41, 5.74) is 0.991. The highest BCUT2D eigenvalue weighted by Gasteiger charge is 2.17. The molecule has 7 nitrogen and oxygen atoms in total. The van der Waals surface area contributed by atoms with E-state index in [4.69, 9.17) is 0 Å². The van der Waals surface area contributed by atoms with E-state index in [-0.39, 0.29) is 48.1 Å². The minimum Gasteiger partial charge on any atom is -0.356 e. The Kier molecular flexibility index (Phi) is 8.92. The summed E-state index contributed by atoms with van der Waals surface area (Å²) in [6.45, 7) is 8.97. The standard InChI is InChI=1S/C19H31N3O4S/c1-5-12-20-17(23)10-13-21-18(24)11-14-22-27(25,26)16-8-6-15(7-9-16)19(2,3)4/h6-9,22H,5,10-14H2,1-4H3,(H,20,23)(H,21,24). The number of hydrogen-bond acceptors (Lipinski definition) is 4. The molecule has 0 bridgehead atoms. The van der Waals surface area contributed by atoms with Gasteiger partial charge in [0.1, 0.15) is 0 Å². The Morgan fingerprint density at radius 2 is 1.41 bits per heavy atom. The third-order valence-corrected chi connectivity index (χ3v) is 5.40. The summed E-state index contributed by atoms with van der Waals surface area (Å²) in [7, 11) is -3.66. The summed E-state index contributed by atoms with van der Waals surface area (Å²) in [6, 6.07) is 6.73. The van der Waals surface area contributed by atoms with Crippen LogP contribution in [0.3, 0.4) is 0 Å². The van der Waals surface area contributed by atoms with Gasteiger partial charge in [0.05, 0.1) is 4.90 Å². The van der Waals surface area contributed by atoms with Gasteiger partial charge in [0.15, 0.2) is 0 Å². The molecule has 0 aliphatic heterocycles. The summed E-state index contributed by atoms with van der Waals surface area (Å²) < 4.78 is 27.0. The number of benzene rings is 1. The predicted molar refractivity (Wildman–Crippen MR) is 106 cm³/mol. The Hall–Kier alpha value is -1.93. The SMILES string of the molecule is CCCNC(=O)CCNC(=O)CCNS(=O)(=O)c1ccc(C(C)(C)C)cc1. The maximum absolute atomic E-state index is 12.3. The van der Waals surface area contributed by atoms with Crippen LogP contribution in [0.1, 0.15) is 52.5 Å². The molecule has 3 N–H and O–H groups in total. The first kappa shape index (κ1) is 23.1. The average Bonchev–Trinajstić information content (AvgIpc) is 2.59. The summed E-state index contributed by atoms with van der Waals surface area (Å²) >= 11 is 0. The second-order valence-corrected chi connectivity index (χ2v) is 9.14. The second-order valence-electron chi connectivity index (χ2n) is 7.37. The Labute approximate surface area is 162 Å². The minimum absolute atomic E-state index is 0.00276. The van der Waals surface area contributed by atoms with Gasteiger partial charge in [-0.25, -0.2) is 13.1 Å². The molecule has 27 heavy (non-hydrogen) atoms. The van der Waals surface area contributed by atoms with E-state index in [1.807, 2.05) is 6.92 Å². The van der Waals surface area contributed by atoms with Crippen LogP contribution in [0, 0.1) is 0 Å². The van der Waals surface area contributed by atoms with Gasteiger partial charge in [-0.05, 0) is 29.5 Å². The van der Waals surface area contributed by atoms with Crippen LogP contribution in [-0.4, -0.2) is 39.9 Å². The molecule has 0 atom stereocenters. The van der Waals surface area contributed by atoms with E-state index in [0.717, 1.165) is 12.0 Å². The first-order valence-electron chi connectivity index (χ1n) is 9.20. The molecule has 1 rings (SSSR count). The van der Waals surface area contributed by atoms with Crippen LogP contribution in [0.25, 0.3) is 0 Å². The molecule has 0 saturated heterocycles. The molecule has 0 aliphatic carbocycles. The molecule has 0 radical (unpaired) electrons. The van der Waals surface area contributed by atoms with Gasteiger partial charge in [-0.3, -0.25) is 9.59 Å². The molecule has 1 aromatic carbocycles. The summed E-state index contributed by atoms with van der Waals surface area (Å²) in [6.07, 6.45) is 1.07. The quantitative estimate of drug-likeness (QED) is 0.559. The summed E-state index contributed by atoms with van der Waals surface area (Å²) in [5, 5.41) is 5.32. The average molecular weight is 398 g/mol. The first-order valence-corrected chi connectivity index (χ1v) is 10.7. The van der Waals surface area contributed by atoms with Crippen LogP contribution >= 0.6 is 0 Å². The van der Waals surface area contributed by atoms with Crippen molar-refractivity contribution in [2.45, 2.75) is 57.3 Å². The smallest absolute Gasteiger partial charge is 0.240 e. The maximum atomic E-state index is 12.3. The van der Waals surface area contributed by atoms with Crippen molar-refractivity contribution in [2.75, 3.05) is 19.6 Å². The number of carbonyl (C=O) groups excluding carboxylic acids is 2. The van der Waals surface area contributed by atoms with Gasteiger partial charge in [-0.1, -0.05) is 39.8 Å². The van der Waals surface area contributed by atoms with Crippen molar-refractivity contribution in [1.29, 1.82) is 0 Å². The molecular formula is C19H31N3O4S. The highest BCUT2D eigenvalue weighted by atomic mass is 32.2. The zero-order valence-corrected chi connectivity index (χ0v) is 17.4. The molecule has 0 heterocycles. The molecule has 152 valence electrons. The molecule has 0 aromatic heterocycles. The Balaban J connectivity index is 2.39. The van der Waals surface area contributed by atoms with Crippen molar-refractivity contribution in [2.24, 2.45) is 0 Å². The van der Waals surface area contributed by atoms with Crippen molar-refractivity contribution in [1.82, 2.24) is 15.4 Å². The molecular weight excluding hydrogens is 366 g/mol. The summed E-state index contributed by atoms with van der Waals surface area (Å²) in [5.74, 6) is -0.416. The van der Waals surface area contributed by atoms with Crippen molar-refractivity contribution in [3.05, 3.63) is 29.8 Å². The van der Waals surface area contributed by atoms with Crippen LogP contribution in [-0.2, 0) is 25.0 Å².